The highest BCUT2D eigenvalue weighted by Crippen LogP contribution is 2.30. The molecule has 0 radical (unpaired) electrons. The van der Waals surface area contributed by atoms with Crippen LogP contribution in [0.1, 0.15) is 18.1 Å². The van der Waals surface area contributed by atoms with Crippen LogP contribution < -0.4 is 0 Å². The quantitative estimate of drug-likeness (QED) is 0.466. The molecule has 7 nitrogen and oxygen atoms in total. The molecule has 0 amide bonds. The Morgan fingerprint density at radius 2 is 1.74 bits per heavy atom. The Bertz CT molecular complexity index is 944. The second-order valence-electron chi connectivity index (χ2n) is 7.41. The number of rotatable bonds is 9. The lowest BCUT2D eigenvalue weighted by molar-refractivity contribution is -0.292. The predicted molar refractivity (Wildman–Crippen MR) is 115 cm³/mol. The summed E-state index contributed by atoms with van der Waals surface area (Å²) in [5.74, 6) is 0. The molecule has 2 aromatic rings. The normalized spacial score (nSPS) is 26.5. The number of aliphatic hydroxyl groups is 1. The maximum atomic E-state index is 12.9. The van der Waals surface area contributed by atoms with Crippen LogP contribution in [0.5, 0.6) is 0 Å². The van der Waals surface area contributed by atoms with Gasteiger partial charge in [-0.15, -0.1) is 6.58 Å². The van der Waals surface area contributed by atoms with Crippen LogP contribution in [0, 0.1) is 6.92 Å². The van der Waals surface area contributed by atoms with Gasteiger partial charge in [-0.3, -0.25) is 4.18 Å². The molecule has 8 heteroatoms. The zero-order chi connectivity index (χ0) is 22.4. The van der Waals surface area contributed by atoms with Crippen molar-refractivity contribution in [3.63, 3.8) is 0 Å². The molecule has 2 aromatic carbocycles. The van der Waals surface area contributed by atoms with Gasteiger partial charge in [0, 0.05) is 0 Å². The SMILES string of the molecule is C=CCOC1OC(C)C(O)C(OCc2ccccc2)C1OS(=O)(=O)c1ccc(C)cc1. The predicted octanol–water partition coefficient (Wildman–Crippen LogP) is 2.96. The Hall–Kier alpha value is -2.07. The molecule has 1 saturated heterocycles. The van der Waals surface area contributed by atoms with E-state index in [0.717, 1.165) is 11.1 Å². The monoisotopic (exact) mass is 448 g/mol. The standard InChI is InChI=1S/C23H28O7S/c1-4-14-27-23-22(30-31(25,26)19-12-10-16(2)11-13-19)21(20(24)17(3)29-23)28-15-18-8-6-5-7-9-18/h4-13,17,20-24H,1,14-15H2,2-3H3. The van der Waals surface area contributed by atoms with Gasteiger partial charge in [-0.05, 0) is 31.5 Å². The molecule has 0 bridgehead atoms. The molecule has 1 fully saturated rings. The van der Waals surface area contributed by atoms with Gasteiger partial charge in [0.15, 0.2) is 12.4 Å². The molecule has 1 N–H and O–H groups in total. The van der Waals surface area contributed by atoms with Crippen molar-refractivity contribution in [2.45, 2.75) is 56.1 Å². The van der Waals surface area contributed by atoms with E-state index in [-0.39, 0.29) is 18.1 Å². The molecular weight excluding hydrogens is 420 g/mol. The van der Waals surface area contributed by atoms with E-state index >= 15 is 0 Å². The second kappa shape index (κ2) is 10.5. The molecule has 31 heavy (non-hydrogen) atoms. The van der Waals surface area contributed by atoms with Gasteiger partial charge < -0.3 is 19.3 Å². The largest absolute Gasteiger partial charge is 0.388 e. The highest BCUT2D eigenvalue weighted by atomic mass is 32.2. The van der Waals surface area contributed by atoms with E-state index < -0.39 is 40.8 Å². The summed E-state index contributed by atoms with van der Waals surface area (Å²) in [4.78, 5) is -0.00417. The van der Waals surface area contributed by atoms with Crippen LogP contribution >= 0.6 is 0 Å². The third-order valence-electron chi connectivity index (χ3n) is 4.97. The van der Waals surface area contributed by atoms with Crippen LogP contribution in [-0.4, -0.2) is 50.8 Å². The summed E-state index contributed by atoms with van der Waals surface area (Å²) < 4.78 is 48.7. The minimum absolute atomic E-state index is 0.00417. The molecule has 5 unspecified atom stereocenters. The molecule has 1 heterocycles. The molecule has 0 aromatic heterocycles. The Morgan fingerprint density at radius 3 is 2.39 bits per heavy atom. The molecule has 5 atom stereocenters. The van der Waals surface area contributed by atoms with Crippen LogP contribution in [0.2, 0.25) is 0 Å². The number of aliphatic hydroxyl groups excluding tert-OH is 1. The third-order valence-corrected chi connectivity index (χ3v) is 6.29. The molecule has 1 aliphatic rings. The van der Waals surface area contributed by atoms with Gasteiger partial charge >= 0.3 is 0 Å². The van der Waals surface area contributed by atoms with Crippen molar-refractivity contribution >= 4 is 10.1 Å². The fraction of sp³-hybridized carbons (Fsp3) is 0.391. The fourth-order valence-corrected chi connectivity index (χ4v) is 4.32. The Labute approximate surface area is 183 Å². The molecule has 0 spiro atoms. The fourth-order valence-electron chi connectivity index (χ4n) is 3.25. The van der Waals surface area contributed by atoms with E-state index in [0.29, 0.717) is 0 Å². The molecule has 1 aliphatic heterocycles. The summed E-state index contributed by atoms with van der Waals surface area (Å²) in [5, 5.41) is 10.7. The number of aryl methyl sites for hydroxylation is 1. The summed E-state index contributed by atoms with van der Waals surface area (Å²) in [6.45, 7) is 7.41. The van der Waals surface area contributed by atoms with Crippen molar-refractivity contribution in [2.24, 2.45) is 0 Å². The maximum absolute atomic E-state index is 12.9. The minimum Gasteiger partial charge on any atom is -0.388 e. The van der Waals surface area contributed by atoms with Crippen LogP contribution in [0.4, 0.5) is 0 Å². The lowest BCUT2D eigenvalue weighted by Gasteiger charge is -2.42. The van der Waals surface area contributed by atoms with Gasteiger partial charge in [0.1, 0.15) is 12.2 Å². The van der Waals surface area contributed by atoms with Gasteiger partial charge in [0.05, 0.1) is 24.2 Å². The summed E-state index contributed by atoms with van der Waals surface area (Å²) in [5.41, 5.74) is 1.79. The Kier molecular flexibility index (Phi) is 7.99. The van der Waals surface area contributed by atoms with Crippen molar-refractivity contribution < 1.29 is 31.9 Å². The van der Waals surface area contributed by atoms with Crippen molar-refractivity contribution in [3.05, 3.63) is 78.4 Å². The number of benzene rings is 2. The van der Waals surface area contributed by atoms with Gasteiger partial charge in [0.2, 0.25) is 0 Å². The average molecular weight is 449 g/mol. The molecule has 3 rings (SSSR count). The Balaban J connectivity index is 1.87. The van der Waals surface area contributed by atoms with Crippen molar-refractivity contribution in [2.75, 3.05) is 6.61 Å². The van der Waals surface area contributed by atoms with Crippen LogP contribution in [0.15, 0.2) is 72.1 Å². The summed E-state index contributed by atoms with van der Waals surface area (Å²) >= 11 is 0. The third kappa shape index (κ3) is 6.00. The Morgan fingerprint density at radius 1 is 1.06 bits per heavy atom. The zero-order valence-electron chi connectivity index (χ0n) is 17.6. The molecule has 168 valence electrons. The van der Waals surface area contributed by atoms with Gasteiger partial charge in [0.25, 0.3) is 10.1 Å². The zero-order valence-corrected chi connectivity index (χ0v) is 18.4. The topological polar surface area (TPSA) is 91.3 Å². The second-order valence-corrected chi connectivity index (χ2v) is 8.98. The van der Waals surface area contributed by atoms with Crippen molar-refractivity contribution in [1.29, 1.82) is 0 Å². The summed E-state index contributed by atoms with van der Waals surface area (Å²) in [6, 6.07) is 15.7. The van der Waals surface area contributed by atoms with Crippen LogP contribution in [0.3, 0.4) is 0 Å². The van der Waals surface area contributed by atoms with E-state index in [4.69, 9.17) is 18.4 Å². The van der Waals surface area contributed by atoms with E-state index in [9.17, 15) is 13.5 Å². The van der Waals surface area contributed by atoms with Crippen LogP contribution in [-0.2, 0) is 35.1 Å². The molecule has 0 saturated carbocycles. The minimum atomic E-state index is -4.17. The summed E-state index contributed by atoms with van der Waals surface area (Å²) in [7, 11) is -4.17. The van der Waals surface area contributed by atoms with Crippen LogP contribution in [0.25, 0.3) is 0 Å². The average Bonchev–Trinajstić information content (AvgIpc) is 2.76. The molecular formula is C23H28O7S. The summed E-state index contributed by atoms with van der Waals surface area (Å²) in [6.07, 6.45) is -3.55. The smallest absolute Gasteiger partial charge is 0.297 e. The number of hydrogen-bond donors (Lipinski definition) is 1. The van der Waals surface area contributed by atoms with E-state index in [1.807, 2.05) is 37.3 Å². The first-order valence-electron chi connectivity index (χ1n) is 10.0. The lowest BCUT2D eigenvalue weighted by Crippen LogP contribution is -2.59. The number of ether oxygens (including phenoxy) is 3. The maximum Gasteiger partial charge on any atom is 0.297 e. The van der Waals surface area contributed by atoms with E-state index in [1.165, 1.54) is 18.2 Å². The van der Waals surface area contributed by atoms with Gasteiger partial charge in [-0.25, -0.2) is 0 Å². The number of hydrogen-bond acceptors (Lipinski definition) is 7. The highest BCUT2D eigenvalue weighted by molar-refractivity contribution is 7.86. The van der Waals surface area contributed by atoms with Crippen molar-refractivity contribution in [3.8, 4) is 0 Å². The molecule has 0 aliphatic carbocycles. The van der Waals surface area contributed by atoms with Crippen molar-refractivity contribution in [1.82, 2.24) is 0 Å². The first kappa shape index (κ1) is 23.6. The van der Waals surface area contributed by atoms with E-state index in [1.54, 1.807) is 19.1 Å². The van der Waals surface area contributed by atoms with Gasteiger partial charge in [-0.2, -0.15) is 8.42 Å². The van der Waals surface area contributed by atoms with E-state index in [2.05, 4.69) is 6.58 Å². The lowest BCUT2D eigenvalue weighted by atomic mass is 9.99. The first-order valence-corrected chi connectivity index (χ1v) is 11.4. The first-order chi connectivity index (χ1) is 14.8. The highest BCUT2D eigenvalue weighted by Gasteiger charge is 2.48. The van der Waals surface area contributed by atoms with Gasteiger partial charge in [-0.1, -0.05) is 54.1 Å².